The highest BCUT2D eigenvalue weighted by atomic mass is 35.5. The molecule has 0 aromatic carbocycles. The van der Waals surface area contributed by atoms with Gasteiger partial charge in [0.15, 0.2) is 0 Å². The average Bonchev–Trinajstić information content (AvgIpc) is 2.33. The lowest BCUT2D eigenvalue weighted by molar-refractivity contribution is 0.600. The third-order valence-corrected chi connectivity index (χ3v) is 3.54. The number of aromatic nitrogens is 3. The summed E-state index contributed by atoms with van der Waals surface area (Å²) in [6.07, 6.45) is 3.94. The van der Waals surface area contributed by atoms with E-state index < -0.39 is 10.0 Å². The Morgan fingerprint density at radius 3 is 2.50 bits per heavy atom. The van der Waals surface area contributed by atoms with E-state index in [2.05, 4.69) is 19.7 Å². The number of nitrogens with one attached hydrogen (secondary N) is 1. The SMILES string of the molecule is Nc1ncc(S(=O)(=O)Nc2ncccn2)cc1Cl. The summed E-state index contributed by atoms with van der Waals surface area (Å²) in [5.41, 5.74) is 5.40. The van der Waals surface area contributed by atoms with Crippen molar-refractivity contribution in [2.75, 3.05) is 10.5 Å². The Morgan fingerprint density at radius 1 is 1.22 bits per heavy atom. The zero-order valence-electron chi connectivity index (χ0n) is 8.91. The second-order valence-corrected chi connectivity index (χ2v) is 5.31. The van der Waals surface area contributed by atoms with Gasteiger partial charge >= 0.3 is 0 Å². The second-order valence-electron chi connectivity index (χ2n) is 3.22. The fourth-order valence-corrected chi connectivity index (χ4v) is 2.27. The van der Waals surface area contributed by atoms with Gasteiger partial charge in [0, 0.05) is 18.6 Å². The summed E-state index contributed by atoms with van der Waals surface area (Å²) in [6.45, 7) is 0. The molecule has 9 heteroatoms. The zero-order chi connectivity index (χ0) is 13.2. The normalized spacial score (nSPS) is 11.2. The first-order valence-electron chi connectivity index (χ1n) is 4.70. The topological polar surface area (TPSA) is 111 Å². The number of halogens is 1. The predicted octanol–water partition coefficient (Wildman–Crippen LogP) is 0.908. The van der Waals surface area contributed by atoms with Gasteiger partial charge < -0.3 is 5.73 Å². The van der Waals surface area contributed by atoms with Gasteiger partial charge in [-0.15, -0.1) is 0 Å². The van der Waals surface area contributed by atoms with Gasteiger partial charge in [-0.1, -0.05) is 11.6 Å². The van der Waals surface area contributed by atoms with Crippen LogP contribution in [-0.2, 0) is 10.0 Å². The zero-order valence-corrected chi connectivity index (χ0v) is 10.5. The van der Waals surface area contributed by atoms with E-state index in [9.17, 15) is 8.42 Å². The molecule has 0 unspecified atom stereocenters. The standard InChI is InChI=1S/C9H8ClN5O2S/c10-7-4-6(5-14-8(7)11)18(16,17)15-9-12-2-1-3-13-9/h1-5H,(H2,11,14)(H,12,13,15). The fourth-order valence-electron chi connectivity index (χ4n) is 1.11. The number of nitrogens with two attached hydrogens (primary N) is 1. The van der Waals surface area contributed by atoms with Crippen LogP contribution < -0.4 is 10.5 Å². The van der Waals surface area contributed by atoms with E-state index in [4.69, 9.17) is 17.3 Å². The Balaban J connectivity index is 2.34. The monoisotopic (exact) mass is 285 g/mol. The van der Waals surface area contributed by atoms with Crippen LogP contribution in [0.25, 0.3) is 0 Å². The van der Waals surface area contributed by atoms with Gasteiger partial charge in [-0.05, 0) is 12.1 Å². The first-order chi connectivity index (χ1) is 8.49. The smallest absolute Gasteiger partial charge is 0.265 e. The first kappa shape index (κ1) is 12.5. The average molecular weight is 286 g/mol. The molecule has 18 heavy (non-hydrogen) atoms. The molecule has 94 valence electrons. The number of rotatable bonds is 3. The molecule has 0 radical (unpaired) electrons. The Kier molecular flexibility index (Phi) is 3.30. The summed E-state index contributed by atoms with van der Waals surface area (Å²) < 4.78 is 26.1. The van der Waals surface area contributed by atoms with E-state index in [1.165, 1.54) is 18.5 Å². The van der Waals surface area contributed by atoms with Gasteiger partial charge in [0.05, 0.1) is 5.02 Å². The molecular weight excluding hydrogens is 278 g/mol. The molecule has 0 atom stereocenters. The van der Waals surface area contributed by atoms with Crippen LogP contribution in [-0.4, -0.2) is 23.4 Å². The van der Waals surface area contributed by atoms with Crippen molar-refractivity contribution in [3.63, 3.8) is 0 Å². The van der Waals surface area contributed by atoms with E-state index in [-0.39, 0.29) is 21.7 Å². The molecule has 0 spiro atoms. The van der Waals surface area contributed by atoms with Crippen molar-refractivity contribution >= 4 is 33.4 Å². The van der Waals surface area contributed by atoms with Gasteiger partial charge in [-0.25, -0.2) is 28.1 Å². The molecule has 0 saturated carbocycles. The molecule has 3 N–H and O–H groups in total. The van der Waals surface area contributed by atoms with E-state index in [0.717, 1.165) is 6.20 Å². The molecule has 0 bridgehead atoms. The Labute approximate surface area is 108 Å². The maximum Gasteiger partial charge on any atom is 0.265 e. The molecule has 0 aliphatic carbocycles. The van der Waals surface area contributed by atoms with Crippen molar-refractivity contribution in [1.29, 1.82) is 0 Å². The summed E-state index contributed by atoms with van der Waals surface area (Å²) in [5.74, 6) is 0.0250. The summed E-state index contributed by atoms with van der Waals surface area (Å²) in [6, 6.07) is 2.77. The lowest BCUT2D eigenvalue weighted by atomic mass is 10.5. The molecule has 0 fully saturated rings. The van der Waals surface area contributed by atoms with Crippen LogP contribution in [0.2, 0.25) is 5.02 Å². The Morgan fingerprint density at radius 2 is 1.89 bits per heavy atom. The van der Waals surface area contributed by atoms with Gasteiger partial charge in [0.25, 0.3) is 10.0 Å². The minimum absolute atomic E-state index is 0.0366. The minimum atomic E-state index is -3.83. The number of pyridine rings is 1. The van der Waals surface area contributed by atoms with Crippen LogP contribution in [0.15, 0.2) is 35.6 Å². The molecule has 2 rings (SSSR count). The van der Waals surface area contributed by atoms with Crippen molar-refractivity contribution in [3.05, 3.63) is 35.7 Å². The highest BCUT2D eigenvalue weighted by molar-refractivity contribution is 7.92. The maximum atomic E-state index is 11.9. The second kappa shape index (κ2) is 4.75. The summed E-state index contributed by atoms with van der Waals surface area (Å²) in [4.78, 5) is 11.1. The molecule has 2 aromatic rings. The molecular formula is C9H8ClN5O2S. The molecule has 0 aliphatic rings. The number of hydrogen-bond donors (Lipinski definition) is 2. The lowest BCUT2D eigenvalue weighted by Crippen LogP contribution is -2.15. The molecule has 0 aliphatic heterocycles. The van der Waals surface area contributed by atoms with Gasteiger partial charge in [0.1, 0.15) is 10.7 Å². The van der Waals surface area contributed by atoms with Crippen LogP contribution in [0.3, 0.4) is 0 Å². The predicted molar refractivity (Wildman–Crippen MR) is 66.5 cm³/mol. The Hall–Kier alpha value is -1.93. The van der Waals surface area contributed by atoms with E-state index >= 15 is 0 Å². The molecule has 2 heterocycles. The van der Waals surface area contributed by atoms with Crippen molar-refractivity contribution in [1.82, 2.24) is 15.0 Å². The third kappa shape index (κ3) is 2.66. The van der Waals surface area contributed by atoms with E-state index in [1.807, 2.05) is 0 Å². The highest BCUT2D eigenvalue weighted by Gasteiger charge is 2.17. The van der Waals surface area contributed by atoms with Gasteiger partial charge in [-0.2, -0.15) is 0 Å². The van der Waals surface area contributed by atoms with Crippen LogP contribution in [0.4, 0.5) is 11.8 Å². The van der Waals surface area contributed by atoms with Crippen molar-refractivity contribution in [3.8, 4) is 0 Å². The van der Waals surface area contributed by atoms with Gasteiger partial charge in [-0.3, -0.25) is 0 Å². The van der Waals surface area contributed by atoms with E-state index in [0.29, 0.717) is 0 Å². The van der Waals surface area contributed by atoms with Crippen molar-refractivity contribution in [2.24, 2.45) is 0 Å². The lowest BCUT2D eigenvalue weighted by Gasteiger charge is -2.06. The fraction of sp³-hybridized carbons (Fsp3) is 0. The number of sulfonamides is 1. The van der Waals surface area contributed by atoms with Crippen LogP contribution in [0.1, 0.15) is 0 Å². The summed E-state index contributed by atoms with van der Waals surface area (Å²) >= 11 is 5.71. The van der Waals surface area contributed by atoms with Gasteiger partial charge in [0.2, 0.25) is 5.95 Å². The Bertz CT molecular complexity index is 662. The summed E-state index contributed by atoms with van der Waals surface area (Å²) in [7, 11) is -3.83. The molecule has 7 nitrogen and oxygen atoms in total. The number of nitrogens with zero attached hydrogens (tertiary/aromatic N) is 3. The summed E-state index contributed by atoms with van der Waals surface area (Å²) in [5, 5.41) is 0.0619. The first-order valence-corrected chi connectivity index (χ1v) is 6.56. The van der Waals surface area contributed by atoms with Crippen LogP contribution >= 0.6 is 11.6 Å². The number of anilines is 2. The van der Waals surface area contributed by atoms with Crippen molar-refractivity contribution in [2.45, 2.75) is 4.90 Å². The highest BCUT2D eigenvalue weighted by Crippen LogP contribution is 2.20. The van der Waals surface area contributed by atoms with Crippen LogP contribution in [0.5, 0.6) is 0 Å². The largest absolute Gasteiger partial charge is 0.382 e. The third-order valence-electron chi connectivity index (χ3n) is 1.95. The number of hydrogen-bond acceptors (Lipinski definition) is 6. The molecule has 0 amide bonds. The minimum Gasteiger partial charge on any atom is -0.382 e. The van der Waals surface area contributed by atoms with E-state index in [1.54, 1.807) is 6.07 Å². The molecule has 2 aromatic heterocycles. The maximum absolute atomic E-state index is 11.9. The number of nitrogen functional groups attached to an aromatic ring is 1. The van der Waals surface area contributed by atoms with Crippen molar-refractivity contribution < 1.29 is 8.42 Å². The molecule has 0 saturated heterocycles. The quantitative estimate of drug-likeness (QED) is 0.867. The van der Waals surface area contributed by atoms with Crippen LogP contribution in [0, 0.1) is 0 Å².